The third-order valence-corrected chi connectivity index (χ3v) is 2.41. The molecule has 0 spiro atoms. The molecule has 106 valence electrons. The molecule has 0 aliphatic heterocycles. The van der Waals surface area contributed by atoms with Gasteiger partial charge >= 0.3 is 6.09 Å². The van der Waals surface area contributed by atoms with Crippen molar-refractivity contribution in [1.82, 2.24) is 5.32 Å². The number of alkyl carbamates (subject to hydrolysis) is 1. The van der Waals surface area contributed by atoms with E-state index in [0.29, 0.717) is 11.1 Å². The van der Waals surface area contributed by atoms with Crippen molar-refractivity contribution in [2.24, 2.45) is 0 Å². The van der Waals surface area contributed by atoms with Gasteiger partial charge in [0.2, 0.25) is 0 Å². The highest BCUT2D eigenvalue weighted by molar-refractivity contribution is 5.67. The molecule has 5 heteroatoms. The molecule has 1 aromatic carbocycles. The Morgan fingerprint density at radius 3 is 2.63 bits per heavy atom. The number of ether oxygens (including phenoxy) is 1. The largest absolute Gasteiger partial charge is 0.444 e. The monoisotopic (exact) mass is 269 g/mol. The average Bonchev–Trinajstić information content (AvgIpc) is 2.27. The number of benzene rings is 1. The first kappa shape index (κ1) is 15.4. The number of amides is 1. The van der Waals surface area contributed by atoms with Crippen LogP contribution in [0, 0.1) is 12.7 Å². The van der Waals surface area contributed by atoms with E-state index in [0.717, 1.165) is 0 Å². The summed E-state index contributed by atoms with van der Waals surface area (Å²) in [7, 11) is 0. The molecule has 4 nitrogen and oxygen atoms in total. The van der Waals surface area contributed by atoms with E-state index in [1.54, 1.807) is 33.8 Å². The summed E-state index contributed by atoms with van der Waals surface area (Å²) >= 11 is 0. The quantitative estimate of drug-likeness (QED) is 0.887. The summed E-state index contributed by atoms with van der Waals surface area (Å²) in [6, 6.07) is 4.34. The molecule has 0 fully saturated rings. The second-order valence-electron chi connectivity index (χ2n) is 5.41. The molecule has 0 radical (unpaired) electrons. The average molecular weight is 269 g/mol. The Labute approximate surface area is 112 Å². The zero-order chi connectivity index (χ0) is 14.6. The number of carbonyl (C=O) groups excluding carboxylic acids is 1. The lowest BCUT2D eigenvalue weighted by molar-refractivity contribution is 0.0491. The van der Waals surface area contributed by atoms with Crippen LogP contribution >= 0.6 is 0 Å². The summed E-state index contributed by atoms with van der Waals surface area (Å²) in [5, 5.41) is 12.4. The lowest BCUT2D eigenvalue weighted by atomic mass is 10.1. The Morgan fingerprint density at radius 1 is 1.47 bits per heavy atom. The predicted octanol–water partition coefficient (Wildman–Crippen LogP) is 2.69. The van der Waals surface area contributed by atoms with E-state index in [-0.39, 0.29) is 12.4 Å². The van der Waals surface area contributed by atoms with Crippen LogP contribution in [0.4, 0.5) is 9.18 Å². The van der Waals surface area contributed by atoms with Crippen molar-refractivity contribution < 1.29 is 19.0 Å². The van der Waals surface area contributed by atoms with Gasteiger partial charge in [-0.15, -0.1) is 0 Å². The minimum atomic E-state index is -0.896. The fourth-order valence-corrected chi connectivity index (χ4v) is 1.49. The molecule has 19 heavy (non-hydrogen) atoms. The Balaban J connectivity index is 2.53. The molecule has 0 aliphatic rings. The maximum atomic E-state index is 13.1. The smallest absolute Gasteiger partial charge is 0.407 e. The van der Waals surface area contributed by atoms with Crippen molar-refractivity contribution in [2.75, 3.05) is 6.54 Å². The number of carbonyl (C=O) groups is 1. The molecule has 1 atom stereocenters. The third-order valence-electron chi connectivity index (χ3n) is 2.41. The highest BCUT2D eigenvalue weighted by Gasteiger charge is 2.17. The van der Waals surface area contributed by atoms with Gasteiger partial charge in [-0.3, -0.25) is 0 Å². The van der Waals surface area contributed by atoms with Gasteiger partial charge in [-0.1, -0.05) is 12.1 Å². The maximum absolute atomic E-state index is 13.1. The van der Waals surface area contributed by atoms with Gasteiger partial charge in [0.05, 0.1) is 12.6 Å². The van der Waals surface area contributed by atoms with E-state index in [4.69, 9.17) is 4.74 Å². The van der Waals surface area contributed by atoms with E-state index < -0.39 is 17.8 Å². The van der Waals surface area contributed by atoms with Gasteiger partial charge in [0.25, 0.3) is 0 Å². The molecule has 0 aromatic heterocycles. The summed E-state index contributed by atoms with van der Waals surface area (Å²) < 4.78 is 18.1. The highest BCUT2D eigenvalue weighted by Crippen LogP contribution is 2.16. The van der Waals surface area contributed by atoms with Crippen molar-refractivity contribution in [3.8, 4) is 0 Å². The fraction of sp³-hybridized carbons (Fsp3) is 0.500. The van der Waals surface area contributed by atoms with Crippen LogP contribution in [0.25, 0.3) is 0 Å². The van der Waals surface area contributed by atoms with E-state index in [1.807, 2.05) is 0 Å². The Morgan fingerprint density at radius 2 is 2.11 bits per heavy atom. The number of aryl methyl sites for hydroxylation is 1. The molecular weight excluding hydrogens is 249 g/mol. The lowest BCUT2D eigenvalue weighted by Gasteiger charge is -2.20. The predicted molar refractivity (Wildman–Crippen MR) is 70.3 cm³/mol. The number of hydrogen-bond acceptors (Lipinski definition) is 3. The van der Waals surface area contributed by atoms with Crippen LogP contribution in [0.5, 0.6) is 0 Å². The summed E-state index contributed by atoms with van der Waals surface area (Å²) in [5.41, 5.74) is 0.422. The Hall–Kier alpha value is -1.62. The van der Waals surface area contributed by atoms with Crippen molar-refractivity contribution in [3.63, 3.8) is 0 Å². The minimum Gasteiger partial charge on any atom is -0.444 e. The van der Waals surface area contributed by atoms with Crippen LogP contribution < -0.4 is 5.32 Å². The second kappa shape index (κ2) is 6.02. The van der Waals surface area contributed by atoms with Crippen LogP contribution in [-0.2, 0) is 4.74 Å². The second-order valence-corrected chi connectivity index (χ2v) is 5.41. The molecule has 1 unspecified atom stereocenters. The van der Waals surface area contributed by atoms with E-state index in [1.165, 1.54) is 12.1 Å². The van der Waals surface area contributed by atoms with Crippen LogP contribution in [0.1, 0.15) is 38.0 Å². The number of aliphatic hydroxyl groups excluding tert-OH is 1. The van der Waals surface area contributed by atoms with E-state index in [2.05, 4.69) is 5.32 Å². The number of hydrogen-bond donors (Lipinski definition) is 2. The summed E-state index contributed by atoms with van der Waals surface area (Å²) in [4.78, 5) is 11.4. The normalized spacial score (nSPS) is 12.9. The Bertz CT molecular complexity index is 454. The summed E-state index contributed by atoms with van der Waals surface area (Å²) in [6.45, 7) is 6.90. The van der Waals surface area contributed by atoms with Crippen LogP contribution in [-0.4, -0.2) is 23.3 Å². The zero-order valence-electron chi connectivity index (χ0n) is 11.7. The third kappa shape index (κ3) is 5.26. The minimum absolute atomic E-state index is 0.0139. The molecule has 1 aromatic rings. The van der Waals surface area contributed by atoms with E-state index >= 15 is 0 Å². The molecular formula is C14H20FNO3. The molecule has 1 rings (SSSR count). The molecule has 0 saturated carbocycles. The first-order chi connectivity index (χ1) is 8.69. The number of rotatable bonds is 3. The van der Waals surface area contributed by atoms with Crippen LogP contribution in [0.2, 0.25) is 0 Å². The van der Waals surface area contributed by atoms with Gasteiger partial charge < -0.3 is 15.2 Å². The summed E-state index contributed by atoms with van der Waals surface area (Å²) in [5.74, 6) is -0.323. The van der Waals surface area contributed by atoms with Gasteiger partial charge in [-0.05, 0) is 44.9 Å². The number of aliphatic hydroxyl groups is 1. The van der Waals surface area contributed by atoms with Gasteiger partial charge in [-0.2, -0.15) is 0 Å². The molecule has 0 bridgehead atoms. The van der Waals surface area contributed by atoms with Gasteiger partial charge in [-0.25, -0.2) is 9.18 Å². The van der Waals surface area contributed by atoms with E-state index in [9.17, 15) is 14.3 Å². The van der Waals surface area contributed by atoms with Gasteiger partial charge in [0.1, 0.15) is 11.4 Å². The van der Waals surface area contributed by atoms with Crippen molar-refractivity contribution in [3.05, 3.63) is 35.1 Å². The van der Waals surface area contributed by atoms with Crippen molar-refractivity contribution >= 4 is 6.09 Å². The molecule has 0 aliphatic carbocycles. The zero-order valence-corrected chi connectivity index (χ0v) is 11.7. The lowest BCUT2D eigenvalue weighted by Crippen LogP contribution is -2.34. The number of nitrogens with one attached hydrogen (secondary N) is 1. The number of halogens is 1. The molecule has 0 saturated heterocycles. The molecule has 0 heterocycles. The van der Waals surface area contributed by atoms with Gasteiger partial charge in [0.15, 0.2) is 0 Å². The Kier molecular flexibility index (Phi) is 4.89. The first-order valence-electron chi connectivity index (χ1n) is 6.10. The molecule has 2 N–H and O–H groups in total. The van der Waals surface area contributed by atoms with Crippen molar-refractivity contribution in [1.29, 1.82) is 0 Å². The fourth-order valence-electron chi connectivity index (χ4n) is 1.49. The van der Waals surface area contributed by atoms with Crippen LogP contribution in [0.15, 0.2) is 18.2 Å². The SMILES string of the molecule is Cc1cc(C(O)CNC(=O)OC(C)(C)C)ccc1F. The topological polar surface area (TPSA) is 58.6 Å². The summed E-state index contributed by atoms with van der Waals surface area (Å²) in [6.07, 6.45) is -1.49. The van der Waals surface area contributed by atoms with Crippen molar-refractivity contribution in [2.45, 2.75) is 39.4 Å². The standard InChI is InChI=1S/C14H20FNO3/c1-9-7-10(5-6-11(9)15)12(17)8-16-13(18)19-14(2,3)4/h5-7,12,17H,8H2,1-4H3,(H,16,18). The highest BCUT2D eigenvalue weighted by atomic mass is 19.1. The maximum Gasteiger partial charge on any atom is 0.407 e. The first-order valence-corrected chi connectivity index (χ1v) is 6.10. The van der Waals surface area contributed by atoms with Crippen LogP contribution in [0.3, 0.4) is 0 Å². The van der Waals surface area contributed by atoms with Gasteiger partial charge in [0, 0.05) is 0 Å². The molecule has 1 amide bonds.